The van der Waals surface area contributed by atoms with Crippen LogP contribution in [0.4, 0.5) is 0 Å². The highest BCUT2D eigenvalue weighted by molar-refractivity contribution is 5.77. The van der Waals surface area contributed by atoms with Crippen molar-refractivity contribution in [3.8, 4) is 0 Å². The van der Waals surface area contributed by atoms with Crippen molar-refractivity contribution in [2.24, 2.45) is 0 Å². The smallest absolute Gasteiger partial charge is 0.320 e. The third-order valence-corrected chi connectivity index (χ3v) is 5.84. The minimum Gasteiger partial charge on any atom is -0.480 e. The van der Waals surface area contributed by atoms with E-state index in [-0.39, 0.29) is 31.5 Å². The van der Waals surface area contributed by atoms with Gasteiger partial charge < -0.3 is 45.9 Å². The van der Waals surface area contributed by atoms with E-state index in [1.807, 2.05) is 0 Å². The van der Waals surface area contributed by atoms with Gasteiger partial charge in [-0.25, -0.2) is 4.68 Å². The van der Waals surface area contributed by atoms with Gasteiger partial charge in [0.05, 0.1) is 25.5 Å². The Balaban J connectivity index is 1.42. The van der Waals surface area contributed by atoms with Gasteiger partial charge in [0.2, 0.25) is 11.8 Å². The Morgan fingerprint density at radius 2 is 2.06 bits per heavy atom. The predicted octanol–water partition coefficient (Wildman–Crippen LogP) is -3.90. The molecule has 0 aliphatic carbocycles. The Hall–Kier alpha value is -2.69. The number of ether oxygens (including phenoxy) is 2. The van der Waals surface area contributed by atoms with Gasteiger partial charge in [-0.1, -0.05) is 5.21 Å². The highest BCUT2D eigenvalue weighted by atomic mass is 16.7. The molecule has 15 nitrogen and oxygen atoms in total. The first-order valence-electron chi connectivity index (χ1n) is 11.3. The standard InChI is InChI=1S/C20H32N6O9/c1-10(28)22-16-18(31)17(30)14(9-27)35-20(16)34-5-4-26-8-11(24-25-26)2-3-15(29)23-12-6-13(19(32)33)21-7-12/h8,12-14,16-18,20-21,27,30-31H,2-7,9H2,1H3,(H,22,28)(H,23,29)(H,32,33)/t12-,13+,14?,16?,17?,18?,20?/m1/s1. The Bertz CT molecular complexity index is 883. The highest BCUT2D eigenvalue weighted by Gasteiger charge is 2.45. The van der Waals surface area contributed by atoms with Crippen molar-refractivity contribution in [1.82, 2.24) is 30.9 Å². The number of aliphatic carboxylic acids is 1. The van der Waals surface area contributed by atoms with Crippen LogP contribution in [0.25, 0.3) is 0 Å². The van der Waals surface area contributed by atoms with Crippen molar-refractivity contribution in [1.29, 1.82) is 0 Å². The van der Waals surface area contributed by atoms with E-state index in [2.05, 4.69) is 26.3 Å². The van der Waals surface area contributed by atoms with E-state index in [1.165, 1.54) is 11.6 Å². The molecule has 1 aromatic rings. The van der Waals surface area contributed by atoms with E-state index >= 15 is 0 Å². The van der Waals surface area contributed by atoms with Gasteiger partial charge in [-0.3, -0.25) is 14.4 Å². The molecule has 7 N–H and O–H groups in total. The van der Waals surface area contributed by atoms with Crippen LogP contribution in [0.1, 0.15) is 25.5 Å². The number of carboxylic acid groups (broad SMARTS) is 1. The molecule has 2 amide bonds. The molecule has 3 heterocycles. The number of rotatable bonds is 11. The summed E-state index contributed by atoms with van der Waals surface area (Å²) >= 11 is 0. The van der Waals surface area contributed by atoms with Gasteiger partial charge in [0.25, 0.3) is 0 Å². The molecule has 5 unspecified atom stereocenters. The van der Waals surface area contributed by atoms with Crippen LogP contribution < -0.4 is 16.0 Å². The second-order valence-corrected chi connectivity index (χ2v) is 8.58. The van der Waals surface area contributed by atoms with Crippen molar-refractivity contribution in [3.63, 3.8) is 0 Å². The summed E-state index contributed by atoms with van der Waals surface area (Å²) in [5.41, 5.74) is 0.581. The van der Waals surface area contributed by atoms with E-state index in [9.17, 15) is 29.7 Å². The molecule has 7 atom stereocenters. The number of aromatic nitrogens is 3. The molecule has 2 fully saturated rings. The third-order valence-electron chi connectivity index (χ3n) is 5.84. The van der Waals surface area contributed by atoms with Crippen molar-refractivity contribution in [2.75, 3.05) is 19.8 Å². The van der Waals surface area contributed by atoms with Gasteiger partial charge >= 0.3 is 5.97 Å². The van der Waals surface area contributed by atoms with Gasteiger partial charge in [0.1, 0.15) is 30.4 Å². The summed E-state index contributed by atoms with van der Waals surface area (Å²) in [5, 5.41) is 54.8. The molecule has 196 valence electrons. The van der Waals surface area contributed by atoms with E-state index in [0.717, 1.165) is 0 Å². The van der Waals surface area contributed by atoms with Crippen LogP contribution in [0.15, 0.2) is 6.20 Å². The van der Waals surface area contributed by atoms with Crippen molar-refractivity contribution < 1.29 is 44.3 Å². The third kappa shape index (κ3) is 7.39. The summed E-state index contributed by atoms with van der Waals surface area (Å²) in [4.78, 5) is 34.6. The topological polar surface area (TPSA) is 217 Å². The molecule has 35 heavy (non-hydrogen) atoms. The summed E-state index contributed by atoms with van der Waals surface area (Å²) < 4.78 is 12.6. The van der Waals surface area contributed by atoms with Crippen LogP contribution in [0.5, 0.6) is 0 Å². The number of aryl methyl sites for hydroxylation is 1. The number of nitrogens with zero attached hydrogens (tertiary/aromatic N) is 3. The summed E-state index contributed by atoms with van der Waals surface area (Å²) in [5.74, 6) is -1.60. The zero-order valence-corrected chi connectivity index (χ0v) is 19.2. The van der Waals surface area contributed by atoms with Crippen LogP contribution in [0.3, 0.4) is 0 Å². The van der Waals surface area contributed by atoms with Crippen LogP contribution in [0.2, 0.25) is 0 Å². The first kappa shape index (κ1) is 26.9. The van der Waals surface area contributed by atoms with Crippen LogP contribution in [-0.4, -0.2) is 116 Å². The Morgan fingerprint density at radius 3 is 2.71 bits per heavy atom. The second-order valence-electron chi connectivity index (χ2n) is 8.58. The SMILES string of the molecule is CC(=O)NC1C(OCCn2cc(CCC(=O)N[C@H]3CN[C@H](C(=O)O)C3)nn2)OC(CO)C(O)C1O. The largest absolute Gasteiger partial charge is 0.480 e. The molecule has 2 saturated heterocycles. The maximum absolute atomic E-state index is 12.1. The molecule has 0 saturated carbocycles. The summed E-state index contributed by atoms with van der Waals surface area (Å²) in [6.45, 7) is 1.43. The van der Waals surface area contributed by atoms with E-state index in [1.54, 1.807) is 6.20 Å². The van der Waals surface area contributed by atoms with Gasteiger partial charge in [0, 0.05) is 38.5 Å². The number of aliphatic hydroxyl groups is 3. The molecule has 0 aromatic carbocycles. The lowest BCUT2D eigenvalue weighted by Gasteiger charge is -2.42. The molecule has 0 bridgehead atoms. The van der Waals surface area contributed by atoms with Crippen LogP contribution >= 0.6 is 0 Å². The maximum atomic E-state index is 12.1. The zero-order valence-electron chi connectivity index (χ0n) is 19.2. The fraction of sp³-hybridized carbons (Fsp3) is 0.750. The van der Waals surface area contributed by atoms with Gasteiger partial charge in [-0.15, -0.1) is 5.10 Å². The Kier molecular flexibility index (Phi) is 9.47. The summed E-state index contributed by atoms with van der Waals surface area (Å²) in [7, 11) is 0. The quantitative estimate of drug-likeness (QED) is 0.155. The number of aliphatic hydroxyl groups excluding tert-OH is 3. The fourth-order valence-electron chi connectivity index (χ4n) is 4.01. The first-order chi connectivity index (χ1) is 16.7. The number of carboxylic acids is 1. The molecule has 0 radical (unpaired) electrons. The van der Waals surface area contributed by atoms with E-state index in [0.29, 0.717) is 25.1 Å². The minimum absolute atomic E-state index is 0.0599. The normalized spacial score (nSPS) is 30.7. The van der Waals surface area contributed by atoms with Crippen LogP contribution in [-0.2, 0) is 36.8 Å². The lowest BCUT2D eigenvalue weighted by Crippen LogP contribution is -2.64. The predicted molar refractivity (Wildman–Crippen MR) is 116 cm³/mol. The second kappa shape index (κ2) is 12.3. The average Bonchev–Trinajstić information content (AvgIpc) is 3.46. The molecule has 2 aliphatic rings. The number of nitrogens with one attached hydrogen (secondary N) is 3. The van der Waals surface area contributed by atoms with Crippen molar-refractivity contribution in [3.05, 3.63) is 11.9 Å². The molecular weight excluding hydrogens is 468 g/mol. The van der Waals surface area contributed by atoms with Crippen molar-refractivity contribution >= 4 is 17.8 Å². The molecule has 15 heteroatoms. The molecule has 0 spiro atoms. The number of hydrogen-bond acceptors (Lipinski definition) is 11. The first-order valence-corrected chi connectivity index (χ1v) is 11.3. The monoisotopic (exact) mass is 500 g/mol. The zero-order chi connectivity index (χ0) is 25.5. The summed E-state index contributed by atoms with van der Waals surface area (Å²) in [6, 6.07) is -1.92. The van der Waals surface area contributed by atoms with Gasteiger partial charge in [-0.05, 0) is 6.42 Å². The van der Waals surface area contributed by atoms with Crippen molar-refractivity contribution in [2.45, 2.75) is 75.5 Å². The van der Waals surface area contributed by atoms with Gasteiger partial charge in [-0.2, -0.15) is 0 Å². The Labute approximate surface area is 200 Å². The van der Waals surface area contributed by atoms with E-state index < -0.39 is 55.2 Å². The minimum atomic E-state index is -1.39. The van der Waals surface area contributed by atoms with Crippen LogP contribution in [0, 0.1) is 0 Å². The number of hydrogen-bond donors (Lipinski definition) is 7. The maximum Gasteiger partial charge on any atom is 0.320 e. The van der Waals surface area contributed by atoms with E-state index in [4.69, 9.17) is 14.6 Å². The Morgan fingerprint density at radius 1 is 1.29 bits per heavy atom. The fourth-order valence-corrected chi connectivity index (χ4v) is 4.01. The lowest BCUT2D eigenvalue weighted by atomic mass is 9.97. The lowest BCUT2D eigenvalue weighted by molar-refractivity contribution is -0.270. The average molecular weight is 501 g/mol. The summed E-state index contributed by atoms with van der Waals surface area (Å²) in [6.07, 6.45) is -2.47. The molecular formula is C20H32N6O9. The number of amides is 2. The molecule has 2 aliphatic heterocycles. The molecule has 3 rings (SSSR count). The number of carbonyl (C=O) groups is 3. The highest BCUT2D eigenvalue weighted by Crippen LogP contribution is 2.22. The van der Waals surface area contributed by atoms with Gasteiger partial charge in [0.15, 0.2) is 6.29 Å². The molecule has 1 aromatic heterocycles. The number of carbonyl (C=O) groups excluding carboxylic acids is 2.